The van der Waals surface area contributed by atoms with E-state index in [1.807, 2.05) is 30.3 Å². The molecule has 0 saturated carbocycles. The normalized spacial score (nSPS) is 12.1. The molecule has 0 radical (unpaired) electrons. The molecular formula is C14H18N4O. The van der Waals surface area contributed by atoms with Crippen molar-refractivity contribution in [2.75, 3.05) is 6.61 Å². The van der Waals surface area contributed by atoms with Crippen molar-refractivity contribution in [2.24, 2.45) is 5.84 Å². The standard InChI is InChI=1S/C14H18N4O/c1-2-9-19-13-5-3-11(4-6-13)14(18-15)12-7-8-16-17-10-12/h3-8,10,14,18H,2,9,15H2,1H3. The minimum atomic E-state index is -0.101. The van der Waals surface area contributed by atoms with E-state index in [0.29, 0.717) is 0 Å². The minimum Gasteiger partial charge on any atom is -0.494 e. The number of rotatable bonds is 6. The zero-order valence-electron chi connectivity index (χ0n) is 10.9. The molecule has 100 valence electrons. The molecule has 5 heteroatoms. The van der Waals surface area contributed by atoms with Gasteiger partial charge >= 0.3 is 0 Å². The van der Waals surface area contributed by atoms with E-state index in [1.54, 1.807) is 12.4 Å². The summed E-state index contributed by atoms with van der Waals surface area (Å²) in [5.41, 5.74) is 4.82. The Morgan fingerprint density at radius 2 is 1.95 bits per heavy atom. The van der Waals surface area contributed by atoms with Crippen LogP contribution >= 0.6 is 0 Å². The highest BCUT2D eigenvalue weighted by atomic mass is 16.5. The maximum Gasteiger partial charge on any atom is 0.119 e. The van der Waals surface area contributed by atoms with Gasteiger partial charge in [0.15, 0.2) is 0 Å². The Balaban J connectivity index is 2.15. The van der Waals surface area contributed by atoms with Crippen LogP contribution in [0, 0.1) is 0 Å². The van der Waals surface area contributed by atoms with Crippen LogP contribution in [0.5, 0.6) is 5.75 Å². The number of nitrogens with one attached hydrogen (secondary N) is 1. The number of benzene rings is 1. The topological polar surface area (TPSA) is 73.1 Å². The third-order valence-electron chi connectivity index (χ3n) is 2.79. The fourth-order valence-corrected chi connectivity index (χ4v) is 1.83. The Bertz CT molecular complexity index is 487. The number of hydrazine groups is 1. The molecule has 2 rings (SSSR count). The molecule has 19 heavy (non-hydrogen) atoms. The molecule has 0 bridgehead atoms. The van der Waals surface area contributed by atoms with Crippen molar-refractivity contribution in [1.82, 2.24) is 15.6 Å². The zero-order valence-corrected chi connectivity index (χ0v) is 10.9. The largest absolute Gasteiger partial charge is 0.494 e. The first-order valence-corrected chi connectivity index (χ1v) is 6.30. The quantitative estimate of drug-likeness (QED) is 0.610. The van der Waals surface area contributed by atoms with Gasteiger partial charge in [-0.3, -0.25) is 5.84 Å². The van der Waals surface area contributed by atoms with Crippen molar-refractivity contribution in [1.29, 1.82) is 0 Å². The molecule has 0 amide bonds. The lowest BCUT2D eigenvalue weighted by atomic mass is 10.0. The first-order valence-electron chi connectivity index (χ1n) is 6.30. The third-order valence-corrected chi connectivity index (χ3v) is 2.79. The van der Waals surface area contributed by atoms with Crippen LogP contribution < -0.4 is 16.0 Å². The van der Waals surface area contributed by atoms with E-state index in [4.69, 9.17) is 10.6 Å². The molecule has 1 unspecified atom stereocenters. The van der Waals surface area contributed by atoms with Crippen LogP contribution in [0.3, 0.4) is 0 Å². The van der Waals surface area contributed by atoms with E-state index in [9.17, 15) is 0 Å². The summed E-state index contributed by atoms with van der Waals surface area (Å²) in [7, 11) is 0. The average Bonchev–Trinajstić information content (AvgIpc) is 2.48. The van der Waals surface area contributed by atoms with Crippen molar-refractivity contribution in [3.8, 4) is 5.75 Å². The van der Waals surface area contributed by atoms with E-state index in [-0.39, 0.29) is 6.04 Å². The van der Waals surface area contributed by atoms with Crippen molar-refractivity contribution in [3.05, 3.63) is 53.9 Å². The molecule has 0 spiro atoms. The number of hydrogen-bond acceptors (Lipinski definition) is 5. The maximum absolute atomic E-state index is 5.63. The van der Waals surface area contributed by atoms with Gasteiger partial charge in [-0.2, -0.15) is 10.2 Å². The van der Waals surface area contributed by atoms with Gasteiger partial charge in [-0.1, -0.05) is 19.1 Å². The molecular weight excluding hydrogens is 240 g/mol. The number of hydrogen-bond donors (Lipinski definition) is 2. The summed E-state index contributed by atoms with van der Waals surface area (Å²) < 4.78 is 5.56. The molecule has 0 aliphatic heterocycles. The van der Waals surface area contributed by atoms with Crippen LogP contribution in [0.15, 0.2) is 42.7 Å². The summed E-state index contributed by atoms with van der Waals surface area (Å²) in [4.78, 5) is 0. The number of nitrogens with two attached hydrogens (primary N) is 1. The fourth-order valence-electron chi connectivity index (χ4n) is 1.83. The van der Waals surface area contributed by atoms with Crippen LogP contribution in [-0.2, 0) is 0 Å². The molecule has 0 aliphatic carbocycles. The lowest BCUT2D eigenvalue weighted by molar-refractivity contribution is 0.317. The van der Waals surface area contributed by atoms with Crippen molar-refractivity contribution in [3.63, 3.8) is 0 Å². The van der Waals surface area contributed by atoms with Gasteiger partial charge in [0.2, 0.25) is 0 Å². The van der Waals surface area contributed by atoms with Gasteiger partial charge in [0.25, 0.3) is 0 Å². The first kappa shape index (κ1) is 13.5. The van der Waals surface area contributed by atoms with E-state index in [0.717, 1.165) is 29.9 Å². The monoisotopic (exact) mass is 258 g/mol. The van der Waals surface area contributed by atoms with Crippen LogP contribution in [-0.4, -0.2) is 16.8 Å². The van der Waals surface area contributed by atoms with Crippen LogP contribution in [0.2, 0.25) is 0 Å². The number of ether oxygens (including phenoxy) is 1. The van der Waals surface area contributed by atoms with Gasteiger partial charge in [-0.15, -0.1) is 0 Å². The van der Waals surface area contributed by atoms with Gasteiger partial charge in [-0.25, -0.2) is 5.43 Å². The second-order valence-corrected chi connectivity index (χ2v) is 4.19. The van der Waals surface area contributed by atoms with Crippen LogP contribution in [0.4, 0.5) is 0 Å². The molecule has 0 fully saturated rings. The summed E-state index contributed by atoms with van der Waals surface area (Å²) >= 11 is 0. The average molecular weight is 258 g/mol. The first-order chi connectivity index (χ1) is 9.35. The van der Waals surface area contributed by atoms with Crippen molar-refractivity contribution >= 4 is 0 Å². The summed E-state index contributed by atoms with van der Waals surface area (Å²) in [6.07, 6.45) is 4.35. The molecule has 1 aromatic carbocycles. The van der Waals surface area contributed by atoms with E-state index in [1.165, 1.54) is 0 Å². The van der Waals surface area contributed by atoms with E-state index >= 15 is 0 Å². The molecule has 1 heterocycles. The SMILES string of the molecule is CCCOc1ccc(C(NN)c2ccnnc2)cc1. The van der Waals surface area contributed by atoms with Gasteiger partial charge in [0.05, 0.1) is 18.8 Å². The molecule has 3 N–H and O–H groups in total. The number of nitrogens with zero attached hydrogens (tertiary/aromatic N) is 2. The van der Waals surface area contributed by atoms with Gasteiger partial charge in [0, 0.05) is 6.20 Å². The van der Waals surface area contributed by atoms with Crippen molar-refractivity contribution < 1.29 is 4.74 Å². The molecule has 1 atom stereocenters. The Morgan fingerprint density at radius 1 is 1.16 bits per heavy atom. The molecule has 0 saturated heterocycles. The fraction of sp³-hybridized carbons (Fsp3) is 0.286. The lowest BCUT2D eigenvalue weighted by Crippen LogP contribution is -2.28. The van der Waals surface area contributed by atoms with Gasteiger partial charge < -0.3 is 4.74 Å². The predicted molar refractivity (Wildman–Crippen MR) is 73.4 cm³/mol. The molecule has 2 aromatic rings. The van der Waals surface area contributed by atoms with Gasteiger partial charge in [-0.05, 0) is 35.7 Å². The maximum atomic E-state index is 5.63. The predicted octanol–water partition coefficient (Wildman–Crippen LogP) is 1.82. The highest BCUT2D eigenvalue weighted by molar-refractivity contribution is 5.34. The van der Waals surface area contributed by atoms with E-state index in [2.05, 4.69) is 22.5 Å². The molecule has 0 aliphatic rings. The minimum absolute atomic E-state index is 0.101. The highest BCUT2D eigenvalue weighted by Gasteiger charge is 2.12. The van der Waals surface area contributed by atoms with Crippen LogP contribution in [0.1, 0.15) is 30.5 Å². The Labute approximate surface area is 112 Å². The summed E-state index contributed by atoms with van der Waals surface area (Å²) in [5, 5.41) is 7.63. The second-order valence-electron chi connectivity index (χ2n) is 4.19. The van der Waals surface area contributed by atoms with Crippen LogP contribution in [0.25, 0.3) is 0 Å². The third kappa shape index (κ3) is 3.49. The van der Waals surface area contributed by atoms with E-state index < -0.39 is 0 Å². The molecule has 1 aromatic heterocycles. The lowest BCUT2D eigenvalue weighted by Gasteiger charge is -2.16. The summed E-state index contributed by atoms with van der Waals surface area (Å²) in [6, 6.07) is 9.68. The summed E-state index contributed by atoms with van der Waals surface area (Å²) in [5.74, 6) is 6.50. The summed E-state index contributed by atoms with van der Waals surface area (Å²) in [6.45, 7) is 2.81. The number of aromatic nitrogens is 2. The van der Waals surface area contributed by atoms with Crippen molar-refractivity contribution in [2.45, 2.75) is 19.4 Å². The highest BCUT2D eigenvalue weighted by Crippen LogP contribution is 2.22. The Kier molecular flexibility index (Phi) is 4.83. The molecule has 5 nitrogen and oxygen atoms in total. The second kappa shape index (κ2) is 6.82. The Hall–Kier alpha value is -1.98. The Morgan fingerprint density at radius 3 is 2.53 bits per heavy atom. The van der Waals surface area contributed by atoms with Gasteiger partial charge in [0.1, 0.15) is 5.75 Å². The smallest absolute Gasteiger partial charge is 0.119 e. The zero-order chi connectivity index (χ0) is 13.5.